The molecule has 0 spiro atoms. The van der Waals surface area contributed by atoms with Gasteiger partial charge in [0.1, 0.15) is 0 Å². The van der Waals surface area contributed by atoms with Crippen molar-refractivity contribution in [2.45, 2.75) is 38.8 Å². The summed E-state index contributed by atoms with van der Waals surface area (Å²) in [5.41, 5.74) is 2.21. The van der Waals surface area contributed by atoms with E-state index in [0.717, 1.165) is 37.1 Å². The van der Waals surface area contributed by atoms with Gasteiger partial charge in [-0.3, -0.25) is 9.59 Å². The van der Waals surface area contributed by atoms with Gasteiger partial charge in [0.15, 0.2) is 0 Å². The van der Waals surface area contributed by atoms with E-state index in [1.54, 1.807) is 0 Å². The molecule has 1 heterocycles. The van der Waals surface area contributed by atoms with Crippen molar-refractivity contribution in [3.05, 3.63) is 83.9 Å². The Morgan fingerprint density at radius 1 is 0.767 bits per heavy atom. The van der Waals surface area contributed by atoms with Crippen LogP contribution in [0.25, 0.3) is 0 Å². The fraction of sp³-hybridized carbons (Fsp3) is 0.385. The highest BCUT2D eigenvalue weighted by Gasteiger charge is 2.38. The van der Waals surface area contributed by atoms with E-state index >= 15 is 0 Å². The molecule has 156 valence electrons. The van der Waals surface area contributed by atoms with Crippen LogP contribution in [-0.4, -0.2) is 34.7 Å². The van der Waals surface area contributed by atoms with Crippen molar-refractivity contribution in [1.82, 2.24) is 9.80 Å². The highest BCUT2D eigenvalue weighted by atomic mass is 16.2. The number of carbonyl (C=O) groups is 2. The van der Waals surface area contributed by atoms with Crippen molar-refractivity contribution < 1.29 is 9.59 Å². The van der Waals surface area contributed by atoms with Crippen LogP contribution in [0.15, 0.2) is 72.8 Å². The second-order valence-corrected chi connectivity index (χ2v) is 8.35. The molecule has 0 saturated carbocycles. The minimum atomic E-state index is -0.282. The molecule has 1 saturated heterocycles. The van der Waals surface area contributed by atoms with Crippen molar-refractivity contribution >= 4 is 11.8 Å². The molecule has 4 rings (SSSR count). The topological polar surface area (TPSA) is 40.6 Å². The van der Waals surface area contributed by atoms with Gasteiger partial charge in [-0.15, -0.1) is 0 Å². The predicted molar refractivity (Wildman–Crippen MR) is 118 cm³/mol. The Bertz CT molecular complexity index is 831. The molecule has 1 aliphatic heterocycles. The van der Waals surface area contributed by atoms with Crippen LogP contribution in [0.3, 0.4) is 0 Å². The molecule has 1 fully saturated rings. The molecule has 0 bridgehead atoms. The second kappa shape index (κ2) is 9.75. The Labute approximate surface area is 179 Å². The van der Waals surface area contributed by atoms with Gasteiger partial charge in [-0.25, -0.2) is 0 Å². The van der Waals surface area contributed by atoms with E-state index in [-0.39, 0.29) is 23.7 Å². The van der Waals surface area contributed by atoms with E-state index < -0.39 is 0 Å². The van der Waals surface area contributed by atoms with Gasteiger partial charge in [-0.05, 0) is 36.8 Å². The maximum Gasteiger partial charge on any atom is 0.227 e. The summed E-state index contributed by atoms with van der Waals surface area (Å²) in [6.45, 7) is 2.77. The van der Waals surface area contributed by atoms with Gasteiger partial charge in [0.05, 0.1) is 11.8 Å². The quantitative estimate of drug-likeness (QED) is 0.671. The molecule has 2 amide bonds. The first-order valence-electron chi connectivity index (χ1n) is 11.0. The fourth-order valence-electron chi connectivity index (χ4n) is 4.59. The first-order valence-corrected chi connectivity index (χ1v) is 11.0. The zero-order chi connectivity index (χ0) is 20.8. The van der Waals surface area contributed by atoms with Gasteiger partial charge in [-0.1, -0.05) is 72.8 Å². The first-order chi connectivity index (χ1) is 14.7. The first kappa shape index (κ1) is 20.4. The molecule has 30 heavy (non-hydrogen) atoms. The summed E-state index contributed by atoms with van der Waals surface area (Å²) < 4.78 is 0. The normalized spacial score (nSPS) is 20.9. The summed E-state index contributed by atoms with van der Waals surface area (Å²) in [5, 5.41) is 0. The highest BCUT2D eigenvalue weighted by Crippen LogP contribution is 2.31. The standard InChI is InChI=1S/C26H30N2O2/c29-25(27-17-9-10-18-27)23-15-7-8-16-24(23)26(30)28(19-21-11-3-1-4-12-21)20-22-13-5-2-6-14-22/h1-8,11-14,23-24H,9-10,15-20H2. The third-order valence-corrected chi connectivity index (χ3v) is 6.23. The van der Waals surface area contributed by atoms with Crippen LogP contribution in [0.2, 0.25) is 0 Å². The molecular formula is C26H30N2O2. The average Bonchev–Trinajstić information content (AvgIpc) is 3.34. The Balaban J connectivity index is 1.56. The van der Waals surface area contributed by atoms with Gasteiger partial charge in [0.25, 0.3) is 0 Å². The summed E-state index contributed by atoms with van der Waals surface area (Å²) >= 11 is 0. The Kier molecular flexibility index (Phi) is 6.63. The second-order valence-electron chi connectivity index (χ2n) is 8.35. The zero-order valence-electron chi connectivity index (χ0n) is 17.5. The molecule has 0 aromatic heterocycles. The number of carbonyl (C=O) groups excluding carboxylic acids is 2. The van der Waals surface area contributed by atoms with Gasteiger partial charge < -0.3 is 9.80 Å². The maximum atomic E-state index is 13.8. The molecule has 2 unspecified atom stereocenters. The number of benzene rings is 2. The SMILES string of the molecule is O=C(C1CC=CCC1C(=O)N(Cc1ccccc1)Cc1ccccc1)N1CCCC1. The number of amides is 2. The van der Waals surface area contributed by atoms with E-state index in [2.05, 4.69) is 36.4 Å². The lowest BCUT2D eigenvalue weighted by Crippen LogP contribution is -2.45. The summed E-state index contributed by atoms with van der Waals surface area (Å²) in [4.78, 5) is 30.8. The fourth-order valence-corrected chi connectivity index (χ4v) is 4.59. The van der Waals surface area contributed by atoms with Gasteiger partial charge in [0, 0.05) is 26.2 Å². The third-order valence-electron chi connectivity index (χ3n) is 6.23. The lowest BCUT2D eigenvalue weighted by atomic mass is 9.81. The molecule has 1 aliphatic carbocycles. The third kappa shape index (κ3) is 4.81. The van der Waals surface area contributed by atoms with Crippen LogP contribution in [0.1, 0.15) is 36.8 Å². The summed E-state index contributed by atoms with van der Waals surface area (Å²) in [6, 6.07) is 20.2. The largest absolute Gasteiger partial charge is 0.342 e. The molecule has 0 N–H and O–H groups in total. The van der Waals surface area contributed by atoms with Crippen LogP contribution in [0.4, 0.5) is 0 Å². The molecule has 2 aromatic carbocycles. The average molecular weight is 403 g/mol. The van der Waals surface area contributed by atoms with E-state index in [9.17, 15) is 9.59 Å². The van der Waals surface area contributed by atoms with Crippen molar-refractivity contribution in [2.24, 2.45) is 11.8 Å². The zero-order valence-corrected chi connectivity index (χ0v) is 17.5. The number of likely N-dealkylation sites (tertiary alicyclic amines) is 1. The van der Waals surface area contributed by atoms with E-state index in [4.69, 9.17) is 0 Å². The number of nitrogens with zero attached hydrogens (tertiary/aromatic N) is 2. The molecule has 2 aromatic rings. The van der Waals surface area contributed by atoms with E-state index in [1.165, 1.54) is 0 Å². The van der Waals surface area contributed by atoms with Crippen molar-refractivity contribution in [3.63, 3.8) is 0 Å². The van der Waals surface area contributed by atoms with Gasteiger partial charge in [-0.2, -0.15) is 0 Å². The predicted octanol–water partition coefficient (Wildman–Crippen LogP) is 4.42. The smallest absolute Gasteiger partial charge is 0.227 e. The van der Waals surface area contributed by atoms with Gasteiger partial charge in [0.2, 0.25) is 11.8 Å². The number of hydrogen-bond donors (Lipinski definition) is 0. The van der Waals surface area contributed by atoms with Crippen LogP contribution in [-0.2, 0) is 22.7 Å². The molecule has 2 aliphatic rings. The molecule has 2 atom stereocenters. The Morgan fingerprint density at radius 2 is 1.27 bits per heavy atom. The van der Waals surface area contributed by atoms with Crippen molar-refractivity contribution in [3.8, 4) is 0 Å². The number of rotatable bonds is 6. The lowest BCUT2D eigenvalue weighted by molar-refractivity contribution is -0.146. The van der Waals surface area contributed by atoms with Crippen LogP contribution in [0.5, 0.6) is 0 Å². The van der Waals surface area contributed by atoms with E-state index in [0.29, 0.717) is 25.9 Å². The summed E-state index contributed by atoms with van der Waals surface area (Å²) in [6.07, 6.45) is 7.59. The van der Waals surface area contributed by atoms with Crippen LogP contribution >= 0.6 is 0 Å². The summed E-state index contributed by atoms with van der Waals surface area (Å²) in [5.74, 6) is -0.274. The van der Waals surface area contributed by atoms with Crippen molar-refractivity contribution in [1.29, 1.82) is 0 Å². The lowest BCUT2D eigenvalue weighted by Gasteiger charge is -2.34. The minimum absolute atomic E-state index is 0.0876. The molecular weight excluding hydrogens is 372 g/mol. The number of hydrogen-bond acceptors (Lipinski definition) is 2. The highest BCUT2D eigenvalue weighted by molar-refractivity contribution is 5.88. The molecule has 0 radical (unpaired) electrons. The molecule has 4 nitrogen and oxygen atoms in total. The maximum absolute atomic E-state index is 13.8. The minimum Gasteiger partial charge on any atom is -0.342 e. The monoisotopic (exact) mass is 402 g/mol. The number of allylic oxidation sites excluding steroid dienone is 2. The van der Waals surface area contributed by atoms with Crippen LogP contribution in [0, 0.1) is 11.8 Å². The van der Waals surface area contributed by atoms with Crippen LogP contribution < -0.4 is 0 Å². The summed E-state index contributed by atoms with van der Waals surface area (Å²) in [7, 11) is 0. The van der Waals surface area contributed by atoms with E-state index in [1.807, 2.05) is 46.2 Å². The van der Waals surface area contributed by atoms with Gasteiger partial charge >= 0.3 is 0 Å². The van der Waals surface area contributed by atoms with Crippen molar-refractivity contribution in [2.75, 3.05) is 13.1 Å². The Morgan fingerprint density at radius 3 is 1.80 bits per heavy atom. The molecule has 4 heteroatoms. The Hall–Kier alpha value is -2.88.